The maximum Gasteiger partial charge on any atom is 0.320 e. The number of nitrogens with one attached hydrogen (secondary N) is 2. The number of rotatable bonds is 4. The molecule has 1 heterocycles. The topological polar surface area (TPSA) is 63.0 Å². The van der Waals surface area contributed by atoms with E-state index in [0.717, 1.165) is 12.1 Å². The van der Waals surface area contributed by atoms with Gasteiger partial charge in [-0.1, -0.05) is 5.10 Å². The highest BCUT2D eigenvalue weighted by molar-refractivity contribution is 5.52. The number of aromatic nitrogens is 2. The Morgan fingerprint density at radius 1 is 1.10 bits per heavy atom. The summed E-state index contributed by atoms with van der Waals surface area (Å²) in [6.45, 7) is 6.25. The lowest BCUT2D eigenvalue weighted by molar-refractivity contribution is 0.384. The molecule has 114 valence electrons. The second-order valence-corrected chi connectivity index (χ2v) is 5.45. The van der Waals surface area contributed by atoms with Crippen LogP contribution < -0.4 is 10.6 Å². The van der Waals surface area contributed by atoms with Gasteiger partial charge in [-0.25, -0.2) is 13.2 Å². The summed E-state index contributed by atoms with van der Waals surface area (Å²) in [6.07, 6.45) is 0. The largest absolute Gasteiger partial charge is 0.406 e. The molecule has 2 aromatic rings. The van der Waals surface area contributed by atoms with Gasteiger partial charge in [0.2, 0.25) is 5.89 Å². The molecule has 0 fully saturated rings. The molecule has 2 rings (SSSR count). The summed E-state index contributed by atoms with van der Waals surface area (Å²) >= 11 is 0. The fourth-order valence-electron chi connectivity index (χ4n) is 1.45. The van der Waals surface area contributed by atoms with Gasteiger partial charge in [-0.2, -0.15) is 0 Å². The zero-order chi connectivity index (χ0) is 15.6. The van der Waals surface area contributed by atoms with E-state index >= 15 is 0 Å². The van der Waals surface area contributed by atoms with Crippen molar-refractivity contribution >= 4 is 11.7 Å². The summed E-state index contributed by atoms with van der Waals surface area (Å²) in [5.74, 6) is -3.88. The predicted molar refractivity (Wildman–Crippen MR) is 70.5 cm³/mol. The highest BCUT2D eigenvalue weighted by atomic mass is 19.2. The van der Waals surface area contributed by atoms with E-state index in [1.54, 1.807) is 0 Å². The van der Waals surface area contributed by atoms with E-state index in [0.29, 0.717) is 6.54 Å². The van der Waals surface area contributed by atoms with Gasteiger partial charge in [0.25, 0.3) is 0 Å². The van der Waals surface area contributed by atoms with Crippen molar-refractivity contribution in [3.63, 3.8) is 0 Å². The molecule has 0 bridgehead atoms. The Bertz CT molecular complexity index is 637. The van der Waals surface area contributed by atoms with E-state index in [4.69, 9.17) is 4.42 Å². The summed E-state index contributed by atoms with van der Waals surface area (Å²) in [5.41, 5.74) is -0.415. The third-order valence-corrected chi connectivity index (χ3v) is 2.51. The van der Waals surface area contributed by atoms with Crippen LogP contribution in [0.4, 0.5) is 24.9 Å². The molecule has 0 aliphatic rings. The predicted octanol–water partition coefficient (Wildman–Crippen LogP) is 3.12. The number of hydrogen-bond acceptors (Lipinski definition) is 5. The lowest BCUT2D eigenvalue weighted by atomic mass is 10.1. The molecule has 0 radical (unpaired) electrons. The molecule has 0 saturated carbocycles. The van der Waals surface area contributed by atoms with Gasteiger partial charge < -0.3 is 15.1 Å². The van der Waals surface area contributed by atoms with Crippen molar-refractivity contribution < 1.29 is 17.6 Å². The molecule has 0 atom stereocenters. The standard InChI is InChI=1S/C13H15F3N4O/c1-13(2,3)17-6-9-19-20-12(21-9)18-8-5-4-7(14)10(15)11(8)16/h4-5,17H,6H2,1-3H3,(H,18,20). The van der Waals surface area contributed by atoms with Gasteiger partial charge in [-0.3, -0.25) is 0 Å². The van der Waals surface area contributed by atoms with Crippen LogP contribution >= 0.6 is 0 Å². The van der Waals surface area contributed by atoms with Crippen molar-refractivity contribution in [3.05, 3.63) is 35.5 Å². The molecule has 0 spiro atoms. The highest BCUT2D eigenvalue weighted by Gasteiger charge is 2.16. The van der Waals surface area contributed by atoms with Crippen LogP contribution in [0.3, 0.4) is 0 Å². The smallest absolute Gasteiger partial charge is 0.320 e. The first kappa shape index (κ1) is 15.3. The third-order valence-electron chi connectivity index (χ3n) is 2.51. The van der Waals surface area contributed by atoms with Gasteiger partial charge in [-0.05, 0) is 32.9 Å². The number of benzene rings is 1. The van der Waals surface area contributed by atoms with Crippen molar-refractivity contribution in [2.45, 2.75) is 32.9 Å². The zero-order valence-corrected chi connectivity index (χ0v) is 11.8. The molecule has 1 aromatic carbocycles. The molecular weight excluding hydrogens is 285 g/mol. The first-order valence-corrected chi connectivity index (χ1v) is 6.24. The zero-order valence-electron chi connectivity index (χ0n) is 11.8. The van der Waals surface area contributed by atoms with Crippen LogP contribution in [0.5, 0.6) is 0 Å². The molecule has 1 aromatic heterocycles. The summed E-state index contributed by atoms with van der Waals surface area (Å²) in [5, 5.41) is 13.0. The Hall–Kier alpha value is -2.09. The summed E-state index contributed by atoms with van der Waals surface area (Å²) < 4.78 is 44.6. The van der Waals surface area contributed by atoms with E-state index in [1.165, 1.54) is 0 Å². The second kappa shape index (κ2) is 5.72. The SMILES string of the molecule is CC(C)(C)NCc1nnc(Nc2ccc(F)c(F)c2F)o1. The van der Waals surface area contributed by atoms with Crippen LogP contribution in [-0.4, -0.2) is 15.7 Å². The molecule has 0 unspecified atom stereocenters. The molecule has 0 saturated heterocycles. The number of anilines is 2. The summed E-state index contributed by atoms with van der Waals surface area (Å²) in [4.78, 5) is 0. The Morgan fingerprint density at radius 2 is 1.81 bits per heavy atom. The fourth-order valence-corrected chi connectivity index (χ4v) is 1.45. The van der Waals surface area contributed by atoms with Crippen molar-refractivity contribution in [1.29, 1.82) is 0 Å². The van der Waals surface area contributed by atoms with Crippen LogP contribution in [0.15, 0.2) is 16.5 Å². The molecule has 0 amide bonds. The van der Waals surface area contributed by atoms with Crippen LogP contribution in [0.2, 0.25) is 0 Å². The van der Waals surface area contributed by atoms with Gasteiger partial charge in [0, 0.05) is 5.54 Å². The quantitative estimate of drug-likeness (QED) is 0.849. The summed E-state index contributed by atoms with van der Waals surface area (Å²) in [7, 11) is 0. The molecule has 21 heavy (non-hydrogen) atoms. The third kappa shape index (κ3) is 3.94. The van der Waals surface area contributed by atoms with E-state index < -0.39 is 17.5 Å². The molecule has 0 aliphatic carbocycles. The van der Waals surface area contributed by atoms with Gasteiger partial charge in [0.05, 0.1) is 12.2 Å². The van der Waals surface area contributed by atoms with Crippen LogP contribution in [-0.2, 0) is 6.54 Å². The minimum Gasteiger partial charge on any atom is -0.406 e. The maximum atomic E-state index is 13.5. The molecule has 8 heteroatoms. The maximum absolute atomic E-state index is 13.5. The highest BCUT2D eigenvalue weighted by Crippen LogP contribution is 2.22. The summed E-state index contributed by atoms with van der Waals surface area (Å²) in [6, 6.07) is 1.75. The normalized spacial score (nSPS) is 11.7. The minimum absolute atomic E-state index is 0.106. The Morgan fingerprint density at radius 3 is 2.48 bits per heavy atom. The Kier molecular flexibility index (Phi) is 4.17. The number of halogens is 3. The van der Waals surface area contributed by atoms with E-state index in [2.05, 4.69) is 20.8 Å². The Labute approximate surface area is 119 Å². The first-order valence-electron chi connectivity index (χ1n) is 6.24. The van der Waals surface area contributed by atoms with Crippen molar-refractivity contribution in [2.24, 2.45) is 0 Å². The van der Waals surface area contributed by atoms with E-state index in [1.807, 2.05) is 20.8 Å². The average Bonchev–Trinajstić information content (AvgIpc) is 2.84. The first-order chi connectivity index (χ1) is 9.76. The van der Waals surface area contributed by atoms with E-state index in [9.17, 15) is 13.2 Å². The molecule has 0 aliphatic heterocycles. The number of nitrogens with zero attached hydrogens (tertiary/aromatic N) is 2. The Balaban J connectivity index is 2.08. The van der Waals surface area contributed by atoms with Gasteiger partial charge >= 0.3 is 6.01 Å². The lowest BCUT2D eigenvalue weighted by Crippen LogP contribution is -2.35. The van der Waals surface area contributed by atoms with Crippen molar-refractivity contribution in [1.82, 2.24) is 15.5 Å². The second-order valence-electron chi connectivity index (χ2n) is 5.45. The lowest BCUT2D eigenvalue weighted by Gasteiger charge is -2.18. The molecule has 2 N–H and O–H groups in total. The van der Waals surface area contributed by atoms with Crippen LogP contribution in [0.25, 0.3) is 0 Å². The molecular formula is C13H15F3N4O. The monoisotopic (exact) mass is 300 g/mol. The van der Waals surface area contributed by atoms with Gasteiger partial charge in [-0.15, -0.1) is 5.10 Å². The van der Waals surface area contributed by atoms with Crippen LogP contribution in [0, 0.1) is 17.5 Å². The van der Waals surface area contributed by atoms with Gasteiger partial charge in [0.1, 0.15) is 0 Å². The van der Waals surface area contributed by atoms with Crippen molar-refractivity contribution in [3.8, 4) is 0 Å². The van der Waals surface area contributed by atoms with Gasteiger partial charge in [0.15, 0.2) is 17.5 Å². The van der Waals surface area contributed by atoms with E-state index in [-0.39, 0.29) is 23.1 Å². The fraction of sp³-hybridized carbons (Fsp3) is 0.385. The van der Waals surface area contributed by atoms with Crippen LogP contribution in [0.1, 0.15) is 26.7 Å². The molecule has 5 nitrogen and oxygen atoms in total. The average molecular weight is 300 g/mol. The number of hydrogen-bond donors (Lipinski definition) is 2. The van der Waals surface area contributed by atoms with Crippen molar-refractivity contribution in [2.75, 3.05) is 5.32 Å². The minimum atomic E-state index is -1.56.